The monoisotopic (exact) mass is 351 g/mol. The van der Waals surface area contributed by atoms with E-state index in [-0.39, 0.29) is 0 Å². The summed E-state index contributed by atoms with van der Waals surface area (Å²) in [5.74, 6) is 2.25. The molecule has 2 N–H and O–H groups in total. The minimum atomic E-state index is 0.291. The fourth-order valence-corrected chi connectivity index (χ4v) is 2.98. The highest BCUT2D eigenvalue weighted by Gasteiger charge is 2.17. The Kier molecular flexibility index (Phi) is 3.60. The summed E-state index contributed by atoms with van der Waals surface area (Å²) in [6.07, 6.45) is 0. The van der Waals surface area contributed by atoms with Crippen LogP contribution in [0.3, 0.4) is 0 Å². The van der Waals surface area contributed by atoms with Crippen molar-refractivity contribution in [1.82, 2.24) is 15.2 Å². The number of hydrogen-bond donors (Lipinski definition) is 2. The van der Waals surface area contributed by atoms with E-state index < -0.39 is 0 Å². The first kappa shape index (κ1) is 15.0. The van der Waals surface area contributed by atoms with Crippen LogP contribution in [0.15, 0.2) is 51.9 Å². The van der Waals surface area contributed by atoms with Crippen LogP contribution < -0.4 is 20.1 Å². The third kappa shape index (κ3) is 2.91. The molecule has 1 aromatic heterocycles. The third-order valence-electron chi connectivity index (χ3n) is 4.26. The maximum absolute atomic E-state index is 5.65. The summed E-state index contributed by atoms with van der Waals surface area (Å²) in [4.78, 5) is 11.1. The maximum Gasteiger partial charge on any atom is 0.302 e. The average Bonchev–Trinajstić information content (AvgIpc) is 3.29. The van der Waals surface area contributed by atoms with Gasteiger partial charge in [0.25, 0.3) is 0 Å². The largest absolute Gasteiger partial charge is 0.454 e. The van der Waals surface area contributed by atoms with Crippen molar-refractivity contribution in [3.8, 4) is 11.5 Å². The van der Waals surface area contributed by atoms with Crippen molar-refractivity contribution in [3.63, 3.8) is 0 Å². The van der Waals surface area contributed by atoms with Crippen molar-refractivity contribution in [2.24, 2.45) is 4.99 Å². The van der Waals surface area contributed by atoms with Gasteiger partial charge in [-0.1, -0.05) is 18.2 Å². The second kappa shape index (κ2) is 6.23. The van der Waals surface area contributed by atoms with Crippen LogP contribution in [0.5, 0.6) is 11.5 Å². The molecule has 0 unspecified atom stereocenters. The molecule has 0 saturated carbocycles. The van der Waals surface area contributed by atoms with E-state index in [1.807, 2.05) is 42.5 Å². The first-order valence-corrected chi connectivity index (χ1v) is 8.35. The number of oxazole rings is 1. The van der Waals surface area contributed by atoms with Crippen molar-refractivity contribution >= 4 is 23.1 Å². The highest BCUT2D eigenvalue weighted by molar-refractivity contribution is 5.93. The van der Waals surface area contributed by atoms with Gasteiger partial charge < -0.3 is 19.2 Å². The topological polar surface area (TPSA) is 84.2 Å². The van der Waals surface area contributed by atoms with Gasteiger partial charge in [0.1, 0.15) is 5.52 Å². The Bertz CT molecular complexity index is 951. The lowest BCUT2D eigenvalue weighted by Gasteiger charge is -2.26. The fourth-order valence-electron chi connectivity index (χ4n) is 2.98. The number of para-hydroxylation sites is 2. The van der Waals surface area contributed by atoms with E-state index >= 15 is 0 Å². The number of guanidine groups is 1. The molecule has 0 spiro atoms. The average molecular weight is 351 g/mol. The van der Waals surface area contributed by atoms with Gasteiger partial charge in [0.05, 0.1) is 13.3 Å². The van der Waals surface area contributed by atoms with E-state index in [2.05, 4.69) is 25.5 Å². The summed E-state index contributed by atoms with van der Waals surface area (Å²) in [6.45, 7) is 2.30. The van der Waals surface area contributed by atoms with Crippen molar-refractivity contribution in [2.45, 2.75) is 6.54 Å². The second-order valence-corrected chi connectivity index (χ2v) is 6.11. The minimum absolute atomic E-state index is 0.291. The predicted octanol–water partition coefficient (Wildman–Crippen LogP) is 2.34. The first-order chi connectivity index (χ1) is 12.8. The van der Waals surface area contributed by atoms with Crippen molar-refractivity contribution < 1.29 is 13.9 Å². The number of aromatic nitrogens is 1. The maximum atomic E-state index is 5.65. The molecule has 2 aliphatic rings. The summed E-state index contributed by atoms with van der Waals surface area (Å²) in [5, 5.41) is 6.33. The van der Waals surface area contributed by atoms with Gasteiger partial charge in [0.2, 0.25) is 12.8 Å². The molecule has 3 aromatic rings. The molecule has 3 heterocycles. The number of hydrogen-bond acceptors (Lipinski definition) is 8. The summed E-state index contributed by atoms with van der Waals surface area (Å²) in [5.41, 5.74) is 2.72. The molecule has 0 atom stereocenters. The van der Waals surface area contributed by atoms with Crippen LogP contribution >= 0.6 is 0 Å². The molecule has 0 fully saturated rings. The molecular formula is C18H17N5O3. The van der Waals surface area contributed by atoms with Crippen molar-refractivity contribution in [1.29, 1.82) is 0 Å². The van der Waals surface area contributed by atoms with Crippen LogP contribution in [0.25, 0.3) is 11.1 Å². The smallest absolute Gasteiger partial charge is 0.302 e. The van der Waals surface area contributed by atoms with Gasteiger partial charge in [-0.15, -0.1) is 0 Å². The minimum Gasteiger partial charge on any atom is -0.454 e. The SMILES string of the molecule is c1ccc2oc(NC3=NCN(Cc4ccc5c(c4)OCO5)CN3)nc2c1. The number of nitrogens with one attached hydrogen (secondary N) is 2. The number of ether oxygens (including phenoxy) is 2. The predicted molar refractivity (Wildman–Crippen MR) is 96.0 cm³/mol. The molecule has 2 aromatic carbocycles. The Morgan fingerprint density at radius 1 is 1.12 bits per heavy atom. The summed E-state index contributed by atoms with van der Waals surface area (Å²) < 4.78 is 16.4. The van der Waals surface area contributed by atoms with Crippen LogP contribution in [-0.2, 0) is 6.54 Å². The lowest BCUT2D eigenvalue weighted by molar-refractivity contribution is 0.174. The van der Waals surface area contributed by atoms with Gasteiger partial charge in [-0.25, -0.2) is 4.99 Å². The van der Waals surface area contributed by atoms with Gasteiger partial charge in [-0.2, -0.15) is 4.98 Å². The van der Waals surface area contributed by atoms with E-state index in [9.17, 15) is 0 Å². The Morgan fingerprint density at radius 3 is 2.92 bits per heavy atom. The third-order valence-corrected chi connectivity index (χ3v) is 4.26. The van der Waals surface area contributed by atoms with Gasteiger partial charge in [0, 0.05) is 6.54 Å². The molecule has 0 bridgehead atoms. The van der Waals surface area contributed by atoms with E-state index in [1.54, 1.807) is 0 Å². The van der Waals surface area contributed by atoms with Crippen LogP contribution in [0.1, 0.15) is 5.56 Å². The Labute approximate surface area is 149 Å². The molecule has 5 rings (SSSR count). The van der Waals surface area contributed by atoms with E-state index in [4.69, 9.17) is 13.9 Å². The molecule has 8 heteroatoms. The van der Waals surface area contributed by atoms with Gasteiger partial charge in [-0.3, -0.25) is 10.2 Å². The van der Waals surface area contributed by atoms with Gasteiger partial charge in [-0.05, 0) is 29.8 Å². The zero-order valence-corrected chi connectivity index (χ0v) is 13.9. The standard InChI is InChI=1S/C18H17N5O3/c1-2-4-14-13(3-1)21-18(26-14)22-17-19-9-23(10-20-17)8-12-5-6-15-16(7-12)25-11-24-15/h1-7H,8-11H2,(H2,19,20,21,22). The lowest BCUT2D eigenvalue weighted by atomic mass is 10.2. The lowest BCUT2D eigenvalue weighted by Crippen LogP contribution is -2.45. The van der Waals surface area contributed by atoms with E-state index in [1.165, 1.54) is 0 Å². The zero-order valence-electron chi connectivity index (χ0n) is 13.9. The molecule has 0 radical (unpaired) electrons. The number of nitrogens with zero attached hydrogens (tertiary/aromatic N) is 3. The molecule has 26 heavy (non-hydrogen) atoms. The highest BCUT2D eigenvalue weighted by atomic mass is 16.7. The number of rotatable bonds is 3. The number of fused-ring (bicyclic) bond motifs is 2. The van der Waals surface area contributed by atoms with Gasteiger partial charge in [0.15, 0.2) is 17.1 Å². The summed E-state index contributed by atoms with van der Waals surface area (Å²) in [7, 11) is 0. The van der Waals surface area contributed by atoms with Gasteiger partial charge >= 0.3 is 6.01 Å². The molecule has 132 valence electrons. The molecule has 0 amide bonds. The highest BCUT2D eigenvalue weighted by Crippen LogP contribution is 2.32. The Balaban J connectivity index is 1.22. The number of anilines is 1. The first-order valence-electron chi connectivity index (χ1n) is 8.35. The van der Waals surface area contributed by atoms with Crippen molar-refractivity contribution in [3.05, 3.63) is 48.0 Å². The summed E-state index contributed by atoms with van der Waals surface area (Å²) >= 11 is 0. The van der Waals surface area contributed by atoms with E-state index in [0.717, 1.165) is 34.7 Å². The molecular weight excluding hydrogens is 334 g/mol. The molecule has 0 aliphatic carbocycles. The molecule has 2 aliphatic heterocycles. The van der Waals surface area contributed by atoms with Crippen molar-refractivity contribution in [2.75, 3.05) is 25.4 Å². The summed E-state index contributed by atoms with van der Waals surface area (Å²) in [6, 6.07) is 14.1. The Morgan fingerprint density at radius 2 is 2.04 bits per heavy atom. The quantitative estimate of drug-likeness (QED) is 0.749. The molecule has 0 saturated heterocycles. The Hall–Kier alpha value is -3.26. The van der Waals surface area contributed by atoms with Crippen LogP contribution in [0.4, 0.5) is 6.01 Å². The second-order valence-electron chi connectivity index (χ2n) is 6.11. The fraction of sp³-hybridized carbons (Fsp3) is 0.222. The molecule has 8 nitrogen and oxygen atoms in total. The normalized spacial score (nSPS) is 16.4. The van der Waals surface area contributed by atoms with Crippen LogP contribution in [0, 0.1) is 0 Å². The van der Waals surface area contributed by atoms with Crippen LogP contribution in [-0.4, -0.2) is 36.0 Å². The van der Waals surface area contributed by atoms with E-state index in [0.29, 0.717) is 32.1 Å². The zero-order chi connectivity index (χ0) is 17.3. The number of benzene rings is 2. The number of aliphatic imine (C=N–C) groups is 1. The van der Waals surface area contributed by atoms with Crippen LogP contribution in [0.2, 0.25) is 0 Å².